The molecule has 3 heterocycles. The molecule has 112 valence electrons. The third-order valence-corrected chi connectivity index (χ3v) is 3.45. The number of hydrogen-bond donors (Lipinski definition) is 0. The number of morpholine rings is 1. The normalized spacial score (nSPS) is 15.4. The van der Waals surface area contributed by atoms with E-state index in [4.69, 9.17) is 9.47 Å². The van der Waals surface area contributed by atoms with Gasteiger partial charge in [-0.15, -0.1) is 0 Å². The van der Waals surface area contributed by atoms with Crippen LogP contribution >= 0.6 is 0 Å². The fraction of sp³-hybridized carbons (Fsp3) is 0.500. The van der Waals surface area contributed by atoms with Gasteiger partial charge in [0.2, 0.25) is 0 Å². The third kappa shape index (κ3) is 2.56. The van der Waals surface area contributed by atoms with Crippen LogP contribution in [-0.2, 0) is 9.47 Å². The van der Waals surface area contributed by atoms with Crippen LogP contribution in [0.1, 0.15) is 23.1 Å². The molecule has 0 spiro atoms. The molecular weight excluding hydrogens is 272 g/mol. The van der Waals surface area contributed by atoms with Crippen LogP contribution in [0.4, 0.5) is 5.82 Å². The standard InChI is InChI=1S/C14H18N4O3/c1-3-21-14(19)11-9-18-10(2)8-15-12(13(18)16-11)17-4-6-20-7-5-17/h8-9H,3-7H2,1-2H3. The van der Waals surface area contributed by atoms with Gasteiger partial charge in [0.05, 0.1) is 19.8 Å². The van der Waals surface area contributed by atoms with E-state index in [1.165, 1.54) is 0 Å². The summed E-state index contributed by atoms with van der Waals surface area (Å²) in [5.74, 6) is 0.368. The van der Waals surface area contributed by atoms with Crippen molar-refractivity contribution in [2.75, 3.05) is 37.8 Å². The highest BCUT2D eigenvalue weighted by Crippen LogP contribution is 2.21. The number of aryl methyl sites for hydroxylation is 1. The Morgan fingerprint density at radius 2 is 2.19 bits per heavy atom. The van der Waals surface area contributed by atoms with E-state index in [0.29, 0.717) is 31.2 Å². The molecule has 1 fully saturated rings. The summed E-state index contributed by atoms with van der Waals surface area (Å²) in [6.07, 6.45) is 3.49. The topological polar surface area (TPSA) is 69.0 Å². The molecule has 0 unspecified atom stereocenters. The molecule has 1 aliphatic heterocycles. The van der Waals surface area contributed by atoms with E-state index in [-0.39, 0.29) is 0 Å². The van der Waals surface area contributed by atoms with Crippen molar-refractivity contribution < 1.29 is 14.3 Å². The predicted octanol–water partition coefficient (Wildman–Crippen LogP) is 1.05. The quantitative estimate of drug-likeness (QED) is 0.787. The monoisotopic (exact) mass is 290 g/mol. The van der Waals surface area contributed by atoms with Crippen LogP contribution in [0.25, 0.3) is 5.65 Å². The van der Waals surface area contributed by atoms with Gasteiger partial charge in [-0.05, 0) is 13.8 Å². The smallest absolute Gasteiger partial charge is 0.358 e. The van der Waals surface area contributed by atoms with Crippen LogP contribution in [0, 0.1) is 6.92 Å². The van der Waals surface area contributed by atoms with E-state index < -0.39 is 5.97 Å². The Kier molecular flexibility index (Phi) is 3.74. The largest absolute Gasteiger partial charge is 0.461 e. The number of nitrogens with zero attached hydrogens (tertiary/aromatic N) is 4. The molecule has 1 aliphatic rings. The number of fused-ring (bicyclic) bond motifs is 1. The summed E-state index contributed by atoms with van der Waals surface area (Å²) >= 11 is 0. The fourth-order valence-corrected chi connectivity index (χ4v) is 2.38. The van der Waals surface area contributed by atoms with E-state index in [0.717, 1.165) is 24.6 Å². The average Bonchev–Trinajstić information content (AvgIpc) is 2.95. The Labute approximate surface area is 122 Å². The second kappa shape index (κ2) is 5.69. The lowest BCUT2D eigenvalue weighted by atomic mass is 10.4. The summed E-state index contributed by atoms with van der Waals surface area (Å²) in [5, 5.41) is 0. The first-order valence-electron chi connectivity index (χ1n) is 7.05. The second-order valence-corrected chi connectivity index (χ2v) is 4.86. The van der Waals surface area contributed by atoms with Crippen molar-refractivity contribution in [3.63, 3.8) is 0 Å². The highest BCUT2D eigenvalue weighted by atomic mass is 16.5. The molecule has 0 bridgehead atoms. The zero-order valence-electron chi connectivity index (χ0n) is 12.2. The lowest BCUT2D eigenvalue weighted by Gasteiger charge is -2.27. The molecule has 7 nitrogen and oxygen atoms in total. The zero-order chi connectivity index (χ0) is 14.8. The maximum Gasteiger partial charge on any atom is 0.358 e. The number of anilines is 1. The minimum atomic E-state index is -0.409. The van der Waals surface area contributed by atoms with Crippen LogP contribution < -0.4 is 4.90 Å². The van der Waals surface area contributed by atoms with E-state index >= 15 is 0 Å². The molecule has 21 heavy (non-hydrogen) atoms. The molecule has 0 saturated carbocycles. The number of ether oxygens (including phenoxy) is 2. The molecule has 2 aromatic heterocycles. The molecule has 0 aliphatic carbocycles. The first-order valence-corrected chi connectivity index (χ1v) is 7.05. The molecule has 2 aromatic rings. The Morgan fingerprint density at radius 1 is 1.43 bits per heavy atom. The third-order valence-electron chi connectivity index (χ3n) is 3.45. The minimum absolute atomic E-state index is 0.308. The van der Waals surface area contributed by atoms with Crippen molar-refractivity contribution in [2.24, 2.45) is 0 Å². The van der Waals surface area contributed by atoms with E-state index in [1.54, 1.807) is 19.3 Å². The minimum Gasteiger partial charge on any atom is -0.461 e. The van der Waals surface area contributed by atoms with Gasteiger partial charge in [-0.1, -0.05) is 0 Å². The van der Waals surface area contributed by atoms with Gasteiger partial charge in [-0.3, -0.25) is 4.40 Å². The van der Waals surface area contributed by atoms with Gasteiger partial charge in [0.25, 0.3) is 0 Å². The van der Waals surface area contributed by atoms with Gasteiger partial charge in [0, 0.05) is 31.2 Å². The number of hydrogen-bond acceptors (Lipinski definition) is 6. The molecule has 7 heteroatoms. The number of carbonyl (C=O) groups is 1. The Hall–Kier alpha value is -2.15. The van der Waals surface area contributed by atoms with Crippen LogP contribution in [0.5, 0.6) is 0 Å². The summed E-state index contributed by atoms with van der Waals surface area (Å²) in [7, 11) is 0. The average molecular weight is 290 g/mol. The van der Waals surface area contributed by atoms with Crippen molar-refractivity contribution >= 4 is 17.4 Å². The molecule has 3 rings (SSSR count). The molecule has 0 radical (unpaired) electrons. The highest BCUT2D eigenvalue weighted by Gasteiger charge is 2.20. The van der Waals surface area contributed by atoms with Gasteiger partial charge < -0.3 is 14.4 Å². The lowest BCUT2D eigenvalue weighted by Crippen LogP contribution is -2.37. The van der Waals surface area contributed by atoms with Crippen molar-refractivity contribution in [1.29, 1.82) is 0 Å². The summed E-state index contributed by atoms with van der Waals surface area (Å²) in [5.41, 5.74) is 1.91. The van der Waals surface area contributed by atoms with Crippen LogP contribution in [0.15, 0.2) is 12.4 Å². The van der Waals surface area contributed by atoms with E-state index in [9.17, 15) is 4.79 Å². The molecule has 0 N–H and O–H groups in total. The number of carbonyl (C=O) groups excluding carboxylic acids is 1. The maximum absolute atomic E-state index is 11.9. The highest BCUT2D eigenvalue weighted by molar-refractivity contribution is 5.88. The van der Waals surface area contributed by atoms with Gasteiger partial charge in [0.1, 0.15) is 0 Å². The van der Waals surface area contributed by atoms with Crippen molar-refractivity contribution in [1.82, 2.24) is 14.4 Å². The van der Waals surface area contributed by atoms with Gasteiger partial charge in [-0.2, -0.15) is 0 Å². The molecule has 0 aromatic carbocycles. The van der Waals surface area contributed by atoms with Crippen molar-refractivity contribution in [3.05, 3.63) is 23.8 Å². The molecule has 0 amide bonds. The predicted molar refractivity (Wildman–Crippen MR) is 76.7 cm³/mol. The first-order chi connectivity index (χ1) is 10.2. The molecule has 1 saturated heterocycles. The summed E-state index contributed by atoms with van der Waals surface area (Å²) in [6, 6.07) is 0. The number of rotatable bonds is 3. The SMILES string of the molecule is CCOC(=O)c1cn2c(C)cnc(N3CCOCC3)c2n1. The van der Waals surface area contributed by atoms with Crippen LogP contribution in [0.2, 0.25) is 0 Å². The lowest BCUT2D eigenvalue weighted by molar-refractivity contribution is 0.0520. The van der Waals surface area contributed by atoms with Gasteiger partial charge in [-0.25, -0.2) is 14.8 Å². The summed E-state index contributed by atoms with van der Waals surface area (Å²) < 4.78 is 12.3. The van der Waals surface area contributed by atoms with Crippen LogP contribution in [-0.4, -0.2) is 53.2 Å². The maximum atomic E-state index is 11.9. The van der Waals surface area contributed by atoms with Crippen molar-refractivity contribution in [3.8, 4) is 0 Å². The van der Waals surface area contributed by atoms with Gasteiger partial charge >= 0.3 is 5.97 Å². The Morgan fingerprint density at radius 3 is 2.90 bits per heavy atom. The summed E-state index contributed by atoms with van der Waals surface area (Å²) in [4.78, 5) is 22.9. The number of imidazole rings is 1. The van der Waals surface area contributed by atoms with Crippen molar-refractivity contribution in [2.45, 2.75) is 13.8 Å². The second-order valence-electron chi connectivity index (χ2n) is 4.86. The van der Waals surface area contributed by atoms with Gasteiger partial charge in [0.15, 0.2) is 17.2 Å². The fourth-order valence-electron chi connectivity index (χ4n) is 2.38. The zero-order valence-corrected chi connectivity index (χ0v) is 12.2. The first kappa shape index (κ1) is 13.8. The summed E-state index contributed by atoms with van der Waals surface area (Å²) in [6.45, 7) is 6.93. The Bertz CT molecular complexity index is 662. The number of esters is 1. The van der Waals surface area contributed by atoms with Crippen LogP contribution in [0.3, 0.4) is 0 Å². The Balaban J connectivity index is 2.04. The van der Waals surface area contributed by atoms with E-state index in [1.807, 2.05) is 11.3 Å². The molecular formula is C14H18N4O3. The number of aromatic nitrogens is 3. The molecule has 0 atom stereocenters. The van der Waals surface area contributed by atoms with E-state index in [2.05, 4.69) is 14.9 Å².